The first kappa shape index (κ1) is 19.5. The van der Waals surface area contributed by atoms with Gasteiger partial charge in [-0.15, -0.1) is 0 Å². The summed E-state index contributed by atoms with van der Waals surface area (Å²) < 4.78 is 5.61. The number of rotatable bonds is 7. The predicted octanol–water partition coefficient (Wildman–Crippen LogP) is 3.16. The smallest absolute Gasteiger partial charge is 0.223 e. The zero-order valence-corrected chi connectivity index (χ0v) is 17.1. The number of likely N-dealkylation sites (N-methyl/N-ethyl adjacent to an activating group) is 1. The minimum Gasteiger partial charge on any atom is -0.355 e. The molecule has 2 aromatic heterocycles. The molecule has 3 heterocycles. The number of hydrogen-bond acceptors (Lipinski definition) is 7. The van der Waals surface area contributed by atoms with Gasteiger partial charge in [-0.1, -0.05) is 35.5 Å². The second kappa shape index (κ2) is 9.15. The van der Waals surface area contributed by atoms with Crippen LogP contribution in [0.25, 0.3) is 22.6 Å². The SMILES string of the molecule is Cc1noc(-c2ccccc2)c1-c1ccnc(NCCCN2CCN(C)CC2)n1. The van der Waals surface area contributed by atoms with Gasteiger partial charge in [0.25, 0.3) is 0 Å². The fourth-order valence-electron chi connectivity index (χ4n) is 3.62. The van der Waals surface area contributed by atoms with Gasteiger partial charge in [0, 0.05) is 44.5 Å². The molecule has 1 saturated heterocycles. The van der Waals surface area contributed by atoms with Gasteiger partial charge in [-0.25, -0.2) is 9.97 Å². The van der Waals surface area contributed by atoms with E-state index in [1.54, 1.807) is 6.20 Å². The molecule has 1 aliphatic rings. The molecule has 1 N–H and O–H groups in total. The topological polar surface area (TPSA) is 70.3 Å². The number of piperazine rings is 1. The fraction of sp³-hybridized carbons (Fsp3) is 0.409. The first-order valence-electron chi connectivity index (χ1n) is 10.2. The number of anilines is 1. The third-order valence-corrected chi connectivity index (χ3v) is 5.34. The van der Waals surface area contributed by atoms with Gasteiger partial charge in [0.1, 0.15) is 0 Å². The molecule has 0 saturated carbocycles. The summed E-state index contributed by atoms with van der Waals surface area (Å²) in [5.74, 6) is 1.38. The molecule has 7 nitrogen and oxygen atoms in total. The van der Waals surface area contributed by atoms with Crippen LogP contribution >= 0.6 is 0 Å². The lowest BCUT2D eigenvalue weighted by molar-refractivity contribution is 0.154. The monoisotopic (exact) mass is 392 g/mol. The van der Waals surface area contributed by atoms with Crippen molar-refractivity contribution >= 4 is 5.95 Å². The third-order valence-electron chi connectivity index (χ3n) is 5.34. The Balaban J connectivity index is 1.40. The number of benzene rings is 1. The summed E-state index contributed by atoms with van der Waals surface area (Å²) in [6.07, 6.45) is 2.85. The summed E-state index contributed by atoms with van der Waals surface area (Å²) in [5.41, 5.74) is 3.55. The highest BCUT2D eigenvalue weighted by molar-refractivity contribution is 5.79. The predicted molar refractivity (Wildman–Crippen MR) is 115 cm³/mol. The van der Waals surface area contributed by atoms with E-state index < -0.39 is 0 Å². The van der Waals surface area contributed by atoms with Crippen molar-refractivity contribution in [2.45, 2.75) is 13.3 Å². The minimum atomic E-state index is 0.639. The van der Waals surface area contributed by atoms with E-state index in [0.29, 0.717) is 5.95 Å². The average Bonchev–Trinajstić information content (AvgIpc) is 3.15. The van der Waals surface area contributed by atoms with Crippen LogP contribution < -0.4 is 5.32 Å². The zero-order valence-electron chi connectivity index (χ0n) is 17.1. The van der Waals surface area contributed by atoms with E-state index in [4.69, 9.17) is 9.51 Å². The van der Waals surface area contributed by atoms with E-state index in [1.165, 1.54) is 0 Å². The van der Waals surface area contributed by atoms with E-state index in [-0.39, 0.29) is 0 Å². The lowest BCUT2D eigenvalue weighted by Gasteiger charge is -2.32. The Kier molecular flexibility index (Phi) is 6.17. The largest absolute Gasteiger partial charge is 0.355 e. The molecular weight excluding hydrogens is 364 g/mol. The van der Waals surface area contributed by atoms with E-state index in [1.807, 2.05) is 43.3 Å². The number of nitrogens with zero attached hydrogens (tertiary/aromatic N) is 5. The van der Waals surface area contributed by atoms with Gasteiger partial charge in [0.2, 0.25) is 5.95 Å². The first-order chi connectivity index (χ1) is 14.2. The van der Waals surface area contributed by atoms with Crippen LogP contribution in [0.5, 0.6) is 0 Å². The van der Waals surface area contributed by atoms with Crippen LogP contribution in [-0.4, -0.2) is 71.2 Å². The molecule has 1 aliphatic heterocycles. The van der Waals surface area contributed by atoms with Crippen molar-refractivity contribution in [2.75, 3.05) is 51.6 Å². The molecule has 152 valence electrons. The molecule has 0 amide bonds. The highest BCUT2D eigenvalue weighted by Crippen LogP contribution is 2.33. The molecule has 0 radical (unpaired) electrons. The van der Waals surface area contributed by atoms with Crippen LogP contribution in [0.4, 0.5) is 5.95 Å². The fourth-order valence-corrected chi connectivity index (χ4v) is 3.62. The van der Waals surface area contributed by atoms with Gasteiger partial charge < -0.3 is 19.6 Å². The Hall–Kier alpha value is -2.77. The van der Waals surface area contributed by atoms with Crippen molar-refractivity contribution in [3.05, 3.63) is 48.3 Å². The lowest BCUT2D eigenvalue weighted by atomic mass is 10.0. The average molecular weight is 393 g/mol. The van der Waals surface area contributed by atoms with Crippen molar-refractivity contribution in [2.24, 2.45) is 0 Å². The Morgan fingerprint density at radius 1 is 1.07 bits per heavy atom. The number of aromatic nitrogens is 3. The maximum atomic E-state index is 5.61. The van der Waals surface area contributed by atoms with Gasteiger partial charge >= 0.3 is 0 Å². The Morgan fingerprint density at radius 2 is 1.86 bits per heavy atom. The summed E-state index contributed by atoms with van der Waals surface area (Å²) in [5, 5.41) is 7.53. The summed E-state index contributed by atoms with van der Waals surface area (Å²) >= 11 is 0. The van der Waals surface area contributed by atoms with Crippen LogP contribution in [0.3, 0.4) is 0 Å². The maximum Gasteiger partial charge on any atom is 0.223 e. The molecule has 1 fully saturated rings. The number of nitrogens with one attached hydrogen (secondary N) is 1. The van der Waals surface area contributed by atoms with Gasteiger partial charge in [-0.3, -0.25) is 0 Å². The first-order valence-corrected chi connectivity index (χ1v) is 10.2. The van der Waals surface area contributed by atoms with E-state index in [0.717, 1.165) is 74.0 Å². The van der Waals surface area contributed by atoms with Crippen LogP contribution in [0.2, 0.25) is 0 Å². The molecule has 0 atom stereocenters. The normalized spacial score (nSPS) is 15.5. The van der Waals surface area contributed by atoms with Gasteiger partial charge in [-0.05, 0) is 33.0 Å². The van der Waals surface area contributed by atoms with E-state index >= 15 is 0 Å². The third kappa shape index (κ3) is 4.81. The Labute approximate surface area is 171 Å². The molecule has 0 aliphatic carbocycles. The molecule has 0 bridgehead atoms. The van der Waals surface area contributed by atoms with E-state index in [2.05, 4.69) is 32.3 Å². The summed E-state index contributed by atoms with van der Waals surface area (Å²) in [7, 11) is 2.18. The Bertz CT molecular complexity index is 918. The van der Waals surface area contributed by atoms with Crippen LogP contribution in [0.15, 0.2) is 47.1 Å². The quantitative estimate of drug-likeness (QED) is 0.619. The molecule has 0 unspecified atom stereocenters. The van der Waals surface area contributed by atoms with Crippen molar-refractivity contribution in [3.63, 3.8) is 0 Å². The van der Waals surface area contributed by atoms with Crippen LogP contribution in [0.1, 0.15) is 12.1 Å². The van der Waals surface area contributed by atoms with Crippen LogP contribution in [0, 0.1) is 6.92 Å². The van der Waals surface area contributed by atoms with E-state index in [9.17, 15) is 0 Å². The minimum absolute atomic E-state index is 0.639. The molecule has 1 aromatic carbocycles. The second-order valence-electron chi connectivity index (χ2n) is 7.53. The van der Waals surface area contributed by atoms with Gasteiger partial charge in [0.15, 0.2) is 5.76 Å². The number of aryl methyl sites for hydroxylation is 1. The maximum absolute atomic E-state index is 5.61. The Morgan fingerprint density at radius 3 is 2.66 bits per heavy atom. The molecular formula is C22H28N6O. The lowest BCUT2D eigenvalue weighted by Crippen LogP contribution is -2.44. The van der Waals surface area contributed by atoms with Gasteiger partial charge in [0.05, 0.1) is 17.0 Å². The zero-order chi connectivity index (χ0) is 20.1. The van der Waals surface area contributed by atoms with Crippen molar-refractivity contribution in [1.29, 1.82) is 0 Å². The molecule has 7 heteroatoms. The summed E-state index contributed by atoms with van der Waals surface area (Å²) in [4.78, 5) is 14.0. The number of hydrogen-bond donors (Lipinski definition) is 1. The standard InChI is InChI=1S/C22H28N6O/c1-17-20(21(29-26-17)18-7-4-3-5-8-18)19-9-11-24-22(25-19)23-10-6-12-28-15-13-27(2)14-16-28/h3-5,7-9,11H,6,10,12-16H2,1-2H3,(H,23,24,25). The van der Waals surface area contributed by atoms with Crippen LogP contribution in [-0.2, 0) is 0 Å². The highest BCUT2D eigenvalue weighted by Gasteiger charge is 2.18. The molecule has 29 heavy (non-hydrogen) atoms. The second-order valence-corrected chi connectivity index (χ2v) is 7.53. The van der Waals surface area contributed by atoms with Gasteiger partial charge in [-0.2, -0.15) is 0 Å². The summed E-state index contributed by atoms with van der Waals surface area (Å²) in [6.45, 7) is 8.50. The van der Waals surface area contributed by atoms with Crippen molar-refractivity contribution in [1.82, 2.24) is 24.9 Å². The molecule has 3 aromatic rings. The highest BCUT2D eigenvalue weighted by atomic mass is 16.5. The van der Waals surface area contributed by atoms with Crippen molar-refractivity contribution < 1.29 is 4.52 Å². The summed E-state index contributed by atoms with van der Waals surface area (Å²) in [6, 6.07) is 11.9. The molecule has 0 spiro atoms. The van der Waals surface area contributed by atoms with Crippen molar-refractivity contribution in [3.8, 4) is 22.6 Å². The molecule has 4 rings (SSSR count).